The van der Waals surface area contributed by atoms with Gasteiger partial charge in [0.25, 0.3) is 5.91 Å². The number of rotatable bonds is 7. The van der Waals surface area contributed by atoms with Gasteiger partial charge < -0.3 is 16.4 Å². The van der Waals surface area contributed by atoms with Gasteiger partial charge in [0.05, 0.1) is 0 Å². The van der Waals surface area contributed by atoms with Gasteiger partial charge in [-0.2, -0.15) is 0 Å². The molecule has 0 aromatic heterocycles. The molecule has 0 heterocycles. The Morgan fingerprint density at radius 2 is 1.48 bits per heavy atom. The molecule has 0 radical (unpaired) electrons. The summed E-state index contributed by atoms with van der Waals surface area (Å²) in [7, 11) is 0. The maximum absolute atomic E-state index is 12.3. The molecule has 3 amide bonds. The number of hydrogen-bond donors (Lipinski definition) is 3. The molecular weight excluding hydrogens is 318 g/mol. The molecule has 0 saturated carbocycles. The average Bonchev–Trinajstić information content (AvgIpc) is 2.62. The van der Waals surface area contributed by atoms with E-state index in [4.69, 9.17) is 5.73 Å². The molecule has 4 N–H and O–H groups in total. The molecule has 0 saturated heterocycles. The molecule has 0 fully saturated rings. The molecule has 0 bridgehead atoms. The summed E-state index contributed by atoms with van der Waals surface area (Å²) in [6, 6.07) is 16.2. The minimum atomic E-state index is -0.842. The van der Waals surface area contributed by atoms with Crippen LogP contribution in [0.2, 0.25) is 0 Å². The Bertz CT molecular complexity index is 732. The highest BCUT2D eigenvalue weighted by Gasteiger charge is 2.23. The van der Waals surface area contributed by atoms with Crippen LogP contribution in [0.15, 0.2) is 60.7 Å². The summed E-state index contributed by atoms with van der Waals surface area (Å²) in [5.74, 6) is -1.45. The number of benzene rings is 2. The molecule has 2 rings (SSSR count). The molecule has 0 aliphatic heterocycles. The Labute approximate surface area is 146 Å². The number of nitrogens with one attached hydrogen (secondary N) is 2. The van der Waals surface area contributed by atoms with Crippen molar-refractivity contribution in [3.05, 3.63) is 71.8 Å². The van der Waals surface area contributed by atoms with Crippen LogP contribution >= 0.6 is 0 Å². The van der Waals surface area contributed by atoms with Gasteiger partial charge in [-0.25, -0.2) is 0 Å². The van der Waals surface area contributed by atoms with Crippen molar-refractivity contribution in [3.8, 4) is 0 Å². The molecule has 0 unspecified atom stereocenters. The van der Waals surface area contributed by atoms with Crippen LogP contribution in [0.3, 0.4) is 0 Å². The van der Waals surface area contributed by atoms with E-state index in [1.165, 1.54) is 0 Å². The van der Waals surface area contributed by atoms with Crippen LogP contribution in [-0.4, -0.2) is 29.8 Å². The summed E-state index contributed by atoms with van der Waals surface area (Å²) in [5.41, 5.74) is 6.72. The Hall–Kier alpha value is -3.15. The normalized spacial score (nSPS) is 12.7. The number of nitrogens with two attached hydrogens (primary N) is 1. The summed E-state index contributed by atoms with van der Waals surface area (Å²) in [5, 5.41) is 5.19. The van der Waals surface area contributed by atoms with Crippen molar-refractivity contribution in [3.63, 3.8) is 0 Å². The van der Waals surface area contributed by atoms with Crippen molar-refractivity contribution in [2.45, 2.75) is 25.4 Å². The first-order valence-electron chi connectivity index (χ1n) is 7.97. The fraction of sp³-hybridized carbons (Fsp3) is 0.211. The fourth-order valence-electron chi connectivity index (χ4n) is 2.30. The van der Waals surface area contributed by atoms with Crippen LogP contribution in [0.4, 0.5) is 0 Å². The van der Waals surface area contributed by atoms with Crippen LogP contribution in [0.5, 0.6) is 0 Å². The second kappa shape index (κ2) is 8.63. The molecule has 2 aromatic carbocycles. The van der Waals surface area contributed by atoms with Crippen LogP contribution in [0.1, 0.15) is 22.8 Å². The average molecular weight is 339 g/mol. The van der Waals surface area contributed by atoms with Gasteiger partial charge in [-0.15, -0.1) is 0 Å². The third-order valence-corrected chi connectivity index (χ3v) is 3.72. The minimum absolute atomic E-state index is 0.293. The van der Waals surface area contributed by atoms with E-state index in [2.05, 4.69) is 10.6 Å². The molecule has 2 atom stereocenters. The molecule has 25 heavy (non-hydrogen) atoms. The van der Waals surface area contributed by atoms with Gasteiger partial charge in [0.15, 0.2) is 0 Å². The van der Waals surface area contributed by atoms with Crippen LogP contribution in [0.25, 0.3) is 0 Å². The van der Waals surface area contributed by atoms with Gasteiger partial charge in [0, 0.05) is 12.0 Å². The number of primary amides is 1. The number of carbonyl (C=O) groups is 3. The summed E-state index contributed by atoms with van der Waals surface area (Å²) >= 11 is 0. The number of amides is 3. The molecule has 0 spiro atoms. The van der Waals surface area contributed by atoms with E-state index in [1.54, 1.807) is 37.3 Å². The maximum atomic E-state index is 12.3. The zero-order valence-corrected chi connectivity index (χ0v) is 13.9. The number of hydrogen-bond acceptors (Lipinski definition) is 3. The highest BCUT2D eigenvalue weighted by molar-refractivity contribution is 5.98. The van der Waals surface area contributed by atoms with Gasteiger partial charge >= 0.3 is 0 Å². The van der Waals surface area contributed by atoms with Crippen LogP contribution in [0, 0.1) is 0 Å². The first-order valence-corrected chi connectivity index (χ1v) is 7.97. The van der Waals surface area contributed by atoms with E-state index in [-0.39, 0.29) is 5.91 Å². The van der Waals surface area contributed by atoms with E-state index < -0.39 is 23.9 Å². The summed E-state index contributed by atoms with van der Waals surface area (Å²) < 4.78 is 0. The maximum Gasteiger partial charge on any atom is 0.251 e. The highest BCUT2D eigenvalue weighted by Crippen LogP contribution is 2.04. The van der Waals surface area contributed by atoms with Crippen molar-refractivity contribution < 1.29 is 14.4 Å². The molecule has 2 aromatic rings. The standard InChI is InChI=1S/C19H21N3O3/c1-13(21-19(25)15-10-6-3-7-11-15)18(24)22-16(17(20)23)12-14-8-4-2-5-9-14/h2-11,13,16H,12H2,1H3,(H2,20,23)(H,21,25)(H,22,24)/t13-,16-/m1/s1. The van der Waals surface area contributed by atoms with E-state index in [1.807, 2.05) is 30.3 Å². The van der Waals surface area contributed by atoms with Gasteiger partial charge in [0.2, 0.25) is 11.8 Å². The van der Waals surface area contributed by atoms with Gasteiger partial charge in [0.1, 0.15) is 12.1 Å². The third-order valence-electron chi connectivity index (χ3n) is 3.72. The Morgan fingerprint density at radius 3 is 2.04 bits per heavy atom. The van der Waals surface area contributed by atoms with Crippen molar-refractivity contribution >= 4 is 17.7 Å². The SMILES string of the molecule is C[C@@H](NC(=O)c1ccccc1)C(=O)N[C@H](Cc1ccccc1)C(N)=O. The first-order chi connectivity index (χ1) is 12.0. The van der Waals surface area contributed by atoms with Crippen LogP contribution < -0.4 is 16.4 Å². The van der Waals surface area contributed by atoms with Crippen molar-refractivity contribution in [1.82, 2.24) is 10.6 Å². The predicted octanol–water partition coefficient (Wildman–Crippen LogP) is 1.02. The first kappa shape index (κ1) is 18.2. The summed E-state index contributed by atoms with van der Waals surface area (Å²) in [6.45, 7) is 1.55. The zero-order chi connectivity index (χ0) is 18.2. The Balaban J connectivity index is 1.95. The molecule has 6 nitrogen and oxygen atoms in total. The zero-order valence-electron chi connectivity index (χ0n) is 13.9. The van der Waals surface area contributed by atoms with E-state index in [0.29, 0.717) is 12.0 Å². The molecule has 0 aliphatic rings. The highest BCUT2D eigenvalue weighted by atomic mass is 16.2. The Kier molecular flexibility index (Phi) is 6.28. The van der Waals surface area contributed by atoms with Crippen LogP contribution in [-0.2, 0) is 16.0 Å². The monoisotopic (exact) mass is 339 g/mol. The Morgan fingerprint density at radius 1 is 0.920 bits per heavy atom. The quantitative estimate of drug-likeness (QED) is 0.702. The minimum Gasteiger partial charge on any atom is -0.368 e. The lowest BCUT2D eigenvalue weighted by Crippen LogP contribution is -2.52. The summed E-state index contributed by atoms with van der Waals surface area (Å²) in [4.78, 5) is 36.0. The molecule has 0 aliphatic carbocycles. The lowest BCUT2D eigenvalue weighted by atomic mass is 10.1. The smallest absolute Gasteiger partial charge is 0.251 e. The lowest BCUT2D eigenvalue weighted by molar-refractivity contribution is -0.128. The third kappa shape index (κ3) is 5.46. The van der Waals surface area contributed by atoms with Gasteiger partial charge in [-0.3, -0.25) is 14.4 Å². The van der Waals surface area contributed by atoms with Crippen molar-refractivity contribution in [1.29, 1.82) is 0 Å². The second-order valence-electron chi connectivity index (χ2n) is 5.71. The lowest BCUT2D eigenvalue weighted by Gasteiger charge is -2.19. The topological polar surface area (TPSA) is 101 Å². The molecule has 6 heteroatoms. The van der Waals surface area contributed by atoms with E-state index >= 15 is 0 Å². The molecular formula is C19H21N3O3. The van der Waals surface area contributed by atoms with Gasteiger partial charge in [-0.1, -0.05) is 48.5 Å². The fourth-order valence-corrected chi connectivity index (χ4v) is 2.30. The molecule has 130 valence electrons. The van der Waals surface area contributed by atoms with Crippen molar-refractivity contribution in [2.75, 3.05) is 0 Å². The largest absolute Gasteiger partial charge is 0.368 e. The predicted molar refractivity (Wildman–Crippen MR) is 94.6 cm³/mol. The summed E-state index contributed by atoms with van der Waals surface area (Å²) in [6.07, 6.45) is 0.293. The van der Waals surface area contributed by atoms with E-state index in [9.17, 15) is 14.4 Å². The number of carbonyl (C=O) groups excluding carboxylic acids is 3. The second-order valence-corrected chi connectivity index (χ2v) is 5.71. The van der Waals surface area contributed by atoms with Crippen molar-refractivity contribution in [2.24, 2.45) is 5.73 Å². The van der Waals surface area contributed by atoms with E-state index in [0.717, 1.165) is 5.56 Å². The van der Waals surface area contributed by atoms with Gasteiger partial charge in [-0.05, 0) is 24.6 Å².